The molecule has 0 saturated carbocycles. The van der Waals surface area contributed by atoms with Crippen LogP contribution in [0.5, 0.6) is 0 Å². The monoisotopic (exact) mass is 765 g/mol. The lowest BCUT2D eigenvalue weighted by Gasteiger charge is -2.18. The highest BCUT2D eigenvalue weighted by Gasteiger charge is 2.19. The standard InChI is InChI=1S/C48H92O6/c1-6-7-8-9-10-17-24-30-35-40-48(51)54-45(42-53-47(50)39-34-29-25-20-22-27-32-37-44(4)5)41-52-46(49)38-33-28-23-19-16-14-12-11-13-15-18-21-26-31-36-43(2)3/h43-45H,6-42H2,1-5H3/t45-/m0/s1. The molecule has 320 valence electrons. The van der Waals surface area contributed by atoms with Crippen molar-refractivity contribution < 1.29 is 28.6 Å². The highest BCUT2D eigenvalue weighted by molar-refractivity contribution is 5.71. The Morgan fingerprint density at radius 3 is 0.907 bits per heavy atom. The number of esters is 3. The Balaban J connectivity index is 4.23. The molecule has 0 bridgehead atoms. The van der Waals surface area contributed by atoms with Crippen molar-refractivity contribution in [2.24, 2.45) is 11.8 Å². The van der Waals surface area contributed by atoms with Gasteiger partial charge in [0, 0.05) is 19.3 Å². The predicted molar refractivity (Wildman–Crippen MR) is 229 cm³/mol. The maximum atomic E-state index is 12.7. The molecule has 0 saturated heterocycles. The van der Waals surface area contributed by atoms with Crippen molar-refractivity contribution in [1.82, 2.24) is 0 Å². The molecule has 6 heteroatoms. The van der Waals surface area contributed by atoms with Crippen LogP contribution in [-0.4, -0.2) is 37.2 Å². The summed E-state index contributed by atoms with van der Waals surface area (Å²) in [5, 5.41) is 0. The Bertz CT molecular complexity index is 824. The summed E-state index contributed by atoms with van der Waals surface area (Å²) in [5.74, 6) is 0.767. The van der Waals surface area contributed by atoms with Gasteiger partial charge in [-0.05, 0) is 31.1 Å². The quantitative estimate of drug-likeness (QED) is 0.0350. The van der Waals surface area contributed by atoms with E-state index in [0.717, 1.165) is 69.6 Å². The number of unbranched alkanes of at least 4 members (excludes halogenated alkanes) is 27. The molecule has 1 atom stereocenters. The van der Waals surface area contributed by atoms with Gasteiger partial charge in [0.25, 0.3) is 0 Å². The van der Waals surface area contributed by atoms with E-state index in [1.54, 1.807) is 0 Å². The predicted octanol–water partition coefficient (Wildman–Crippen LogP) is 15.0. The molecule has 6 nitrogen and oxygen atoms in total. The van der Waals surface area contributed by atoms with Gasteiger partial charge >= 0.3 is 17.9 Å². The van der Waals surface area contributed by atoms with Gasteiger partial charge < -0.3 is 14.2 Å². The molecule has 0 amide bonds. The molecule has 0 unspecified atom stereocenters. The lowest BCUT2D eigenvalue weighted by Crippen LogP contribution is -2.30. The SMILES string of the molecule is CCCCCCCCCCCC(=O)O[C@@H](COC(=O)CCCCCCCCCCCCCCCCC(C)C)COC(=O)CCCCCCCCCC(C)C. The van der Waals surface area contributed by atoms with E-state index in [1.165, 1.54) is 148 Å². The summed E-state index contributed by atoms with van der Waals surface area (Å²) in [6.07, 6.45) is 39.6. The third-order valence-corrected chi connectivity index (χ3v) is 10.7. The smallest absolute Gasteiger partial charge is 0.306 e. The second-order valence-corrected chi connectivity index (χ2v) is 17.3. The topological polar surface area (TPSA) is 78.9 Å². The van der Waals surface area contributed by atoms with Gasteiger partial charge in [-0.3, -0.25) is 14.4 Å². The van der Waals surface area contributed by atoms with E-state index in [-0.39, 0.29) is 31.1 Å². The van der Waals surface area contributed by atoms with Crippen LogP contribution in [-0.2, 0) is 28.6 Å². The summed E-state index contributed by atoms with van der Waals surface area (Å²) >= 11 is 0. The van der Waals surface area contributed by atoms with Gasteiger partial charge in [-0.1, -0.05) is 221 Å². The molecule has 0 aliphatic heterocycles. The molecule has 54 heavy (non-hydrogen) atoms. The van der Waals surface area contributed by atoms with Crippen LogP contribution in [0, 0.1) is 11.8 Å². The van der Waals surface area contributed by atoms with Crippen LogP contribution < -0.4 is 0 Å². The van der Waals surface area contributed by atoms with Crippen LogP contribution in [0.4, 0.5) is 0 Å². The summed E-state index contributed by atoms with van der Waals surface area (Å²) in [4.78, 5) is 37.7. The maximum absolute atomic E-state index is 12.7. The zero-order valence-electron chi connectivity index (χ0n) is 36.8. The van der Waals surface area contributed by atoms with Crippen molar-refractivity contribution in [3.05, 3.63) is 0 Å². The summed E-state index contributed by atoms with van der Waals surface area (Å²) in [6.45, 7) is 11.3. The Hall–Kier alpha value is -1.59. The number of carbonyl (C=O) groups excluding carboxylic acids is 3. The summed E-state index contributed by atoms with van der Waals surface area (Å²) < 4.78 is 16.7. The van der Waals surface area contributed by atoms with Crippen LogP contribution in [0.15, 0.2) is 0 Å². The molecule has 0 aliphatic carbocycles. The van der Waals surface area contributed by atoms with Gasteiger partial charge in [0.05, 0.1) is 0 Å². The van der Waals surface area contributed by atoms with Crippen molar-refractivity contribution in [2.45, 2.75) is 265 Å². The molecular weight excluding hydrogens is 673 g/mol. The van der Waals surface area contributed by atoms with Crippen molar-refractivity contribution >= 4 is 17.9 Å². The fraction of sp³-hybridized carbons (Fsp3) is 0.938. The van der Waals surface area contributed by atoms with Crippen molar-refractivity contribution in [2.75, 3.05) is 13.2 Å². The molecule has 0 N–H and O–H groups in total. The summed E-state index contributed by atoms with van der Waals surface area (Å²) in [7, 11) is 0. The second-order valence-electron chi connectivity index (χ2n) is 17.3. The average Bonchev–Trinajstić information content (AvgIpc) is 3.14. The molecule has 0 rings (SSSR count). The van der Waals surface area contributed by atoms with Crippen molar-refractivity contribution in [3.8, 4) is 0 Å². The highest BCUT2D eigenvalue weighted by atomic mass is 16.6. The third kappa shape index (κ3) is 41.6. The first kappa shape index (κ1) is 52.4. The first-order valence-electron chi connectivity index (χ1n) is 23.7. The molecule has 0 spiro atoms. The zero-order valence-corrected chi connectivity index (χ0v) is 36.8. The molecule has 0 heterocycles. The van der Waals surface area contributed by atoms with Crippen LogP contribution in [0.25, 0.3) is 0 Å². The molecule has 0 radical (unpaired) electrons. The largest absolute Gasteiger partial charge is 0.462 e. The van der Waals surface area contributed by atoms with Gasteiger partial charge in [0.2, 0.25) is 0 Å². The fourth-order valence-corrected chi connectivity index (χ4v) is 7.11. The summed E-state index contributed by atoms with van der Waals surface area (Å²) in [5.41, 5.74) is 0. The number of rotatable bonds is 42. The van der Waals surface area contributed by atoms with Gasteiger partial charge in [-0.15, -0.1) is 0 Å². The minimum atomic E-state index is -0.760. The van der Waals surface area contributed by atoms with Crippen LogP contribution in [0.1, 0.15) is 259 Å². The van der Waals surface area contributed by atoms with E-state index in [9.17, 15) is 14.4 Å². The lowest BCUT2D eigenvalue weighted by molar-refractivity contribution is -0.167. The Kier molecular flexibility index (Phi) is 39.8. The number of carbonyl (C=O) groups is 3. The van der Waals surface area contributed by atoms with E-state index in [2.05, 4.69) is 34.6 Å². The molecule has 0 aliphatic rings. The molecule has 0 aromatic rings. The second kappa shape index (κ2) is 41.1. The van der Waals surface area contributed by atoms with Crippen molar-refractivity contribution in [1.29, 1.82) is 0 Å². The van der Waals surface area contributed by atoms with Gasteiger partial charge in [0.1, 0.15) is 13.2 Å². The third-order valence-electron chi connectivity index (χ3n) is 10.7. The van der Waals surface area contributed by atoms with Crippen molar-refractivity contribution in [3.63, 3.8) is 0 Å². The van der Waals surface area contributed by atoms with Gasteiger partial charge in [-0.25, -0.2) is 0 Å². The van der Waals surface area contributed by atoms with E-state index in [4.69, 9.17) is 14.2 Å². The minimum Gasteiger partial charge on any atom is -0.462 e. The van der Waals surface area contributed by atoms with E-state index < -0.39 is 6.10 Å². The Morgan fingerprint density at radius 1 is 0.352 bits per heavy atom. The molecular formula is C48H92O6. The highest BCUT2D eigenvalue weighted by Crippen LogP contribution is 2.17. The Morgan fingerprint density at radius 2 is 0.611 bits per heavy atom. The lowest BCUT2D eigenvalue weighted by atomic mass is 10.0. The molecule has 0 aromatic heterocycles. The molecule has 0 fully saturated rings. The van der Waals surface area contributed by atoms with Gasteiger partial charge in [0.15, 0.2) is 6.10 Å². The first-order chi connectivity index (χ1) is 26.2. The number of ether oxygens (including phenoxy) is 3. The van der Waals surface area contributed by atoms with E-state index in [1.807, 2.05) is 0 Å². The normalized spacial score (nSPS) is 12.1. The van der Waals surface area contributed by atoms with Crippen LogP contribution >= 0.6 is 0 Å². The number of hydrogen-bond acceptors (Lipinski definition) is 6. The summed E-state index contributed by atoms with van der Waals surface area (Å²) in [6, 6.07) is 0. The van der Waals surface area contributed by atoms with Crippen LogP contribution in [0.3, 0.4) is 0 Å². The fourth-order valence-electron chi connectivity index (χ4n) is 7.11. The Labute approximate surface area is 336 Å². The maximum Gasteiger partial charge on any atom is 0.306 e. The van der Waals surface area contributed by atoms with Gasteiger partial charge in [-0.2, -0.15) is 0 Å². The van der Waals surface area contributed by atoms with E-state index in [0.29, 0.717) is 19.3 Å². The van der Waals surface area contributed by atoms with E-state index >= 15 is 0 Å². The molecule has 0 aromatic carbocycles. The first-order valence-corrected chi connectivity index (χ1v) is 23.7. The number of hydrogen-bond donors (Lipinski definition) is 0. The minimum absolute atomic E-state index is 0.0649. The van der Waals surface area contributed by atoms with Crippen LogP contribution in [0.2, 0.25) is 0 Å². The zero-order chi connectivity index (χ0) is 39.7. The average molecular weight is 765 g/mol.